The molecule has 0 saturated carbocycles. The van der Waals surface area contributed by atoms with Gasteiger partial charge in [0.1, 0.15) is 0 Å². The van der Waals surface area contributed by atoms with Gasteiger partial charge in [-0.3, -0.25) is 0 Å². The molecule has 0 aliphatic heterocycles. The zero-order valence-electron chi connectivity index (χ0n) is 10.7. The Hall–Kier alpha value is -2.07. The van der Waals surface area contributed by atoms with Gasteiger partial charge in [-0.1, -0.05) is 61.9 Å². The second-order valence-electron chi connectivity index (χ2n) is 4.48. The van der Waals surface area contributed by atoms with Crippen LogP contribution in [-0.4, -0.2) is 0 Å². The predicted octanol–water partition coefficient (Wildman–Crippen LogP) is 4.37. The van der Waals surface area contributed by atoms with E-state index in [0.29, 0.717) is 6.42 Å². The molecule has 0 spiro atoms. The summed E-state index contributed by atoms with van der Waals surface area (Å²) in [5.41, 5.74) is 4.91. The first-order valence-corrected chi connectivity index (χ1v) is 6.38. The molecule has 0 bridgehead atoms. The van der Waals surface area contributed by atoms with Gasteiger partial charge in [0.15, 0.2) is 0 Å². The van der Waals surface area contributed by atoms with E-state index < -0.39 is 0 Å². The van der Waals surface area contributed by atoms with Crippen LogP contribution >= 0.6 is 0 Å². The third kappa shape index (κ3) is 2.99. The van der Waals surface area contributed by atoms with Crippen molar-refractivity contribution in [2.24, 2.45) is 0 Å². The molecule has 18 heavy (non-hydrogen) atoms. The monoisotopic (exact) mass is 235 g/mol. The van der Waals surface area contributed by atoms with Gasteiger partial charge in [0.05, 0.1) is 12.5 Å². The Morgan fingerprint density at radius 1 is 0.833 bits per heavy atom. The van der Waals surface area contributed by atoms with Crippen molar-refractivity contribution < 1.29 is 0 Å². The minimum Gasteiger partial charge on any atom is -0.198 e. The third-order valence-electron chi connectivity index (χ3n) is 3.06. The molecule has 0 saturated heterocycles. The Labute approximate surface area is 109 Å². The van der Waals surface area contributed by atoms with Crippen LogP contribution in [0, 0.1) is 11.3 Å². The van der Waals surface area contributed by atoms with Crippen molar-refractivity contribution in [3.05, 3.63) is 59.7 Å². The van der Waals surface area contributed by atoms with Gasteiger partial charge in [0.2, 0.25) is 0 Å². The summed E-state index contributed by atoms with van der Waals surface area (Å²) < 4.78 is 0. The van der Waals surface area contributed by atoms with Gasteiger partial charge in [-0.05, 0) is 28.7 Å². The van der Waals surface area contributed by atoms with Gasteiger partial charge in [-0.2, -0.15) is 5.26 Å². The lowest BCUT2D eigenvalue weighted by Gasteiger charge is -2.04. The van der Waals surface area contributed by atoms with E-state index in [1.54, 1.807) is 0 Å². The molecule has 0 amide bonds. The molecule has 2 rings (SSSR count). The minimum absolute atomic E-state index is 0.482. The van der Waals surface area contributed by atoms with Crippen molar-refractivity contribution in [1.82, 2.24) is 0 Å². The molecule has 0 N–H and O–H groups in total. The zero-order valence-corrected chi connectivity index (χ0v) is 10.7. The molecule has 2 aromatic carbocycles. The largest absolute Gasteiger partial charge is 0.198 e. The highest BCUT2D eigenvalue weighted by atomic mass is 14.2. The first-order valence-electron chi connectivity index (χ1n) is 6.38. The maximum Gasteiger partial charge on any atom is 0.0669 e. The topological polar surface area (TPSA) is 23.8 Å². The Kier molecular flexibility index (Phi) is 4.15. The van der Waals surface area contributed by atoms with E-state index in [9.17, 15) is 0 Å². The predicted molar refractivity (Wildman–Crippen MR) is 75.2 cm³/mol. The molecular formula is C17H17N. The summed E-state index contributed by atoms with van der Waals surface area (Å²) in [6.45, 7) is 2.20. The van der Waals surface area contributed by atoms with Gasteiger partial charge in [0.25, 0.3) is 0 Å². The number of benzene rings is 2. The molecule has 0 atom stereocenters. The molecule has 0 aromatic heterocycles. The van der Waals surface area contributed by atoms with E-state index in [4.69, 9.17) is 5.26 Å². The number of rotatable bonds is 4. The number of hydrogen-bond donors (Lipinski definition) is 0. The highest BCUT2D eigenvalue weighted by molar-refractivity contribution is 5.64. The lowest BCUT2D eigenvalue weighted by molar-refractivity contribution is 0.922. The maximum absolute atomic E-state index is 8.64. The molecule has 1 nitrogen and oxygen atoms in total. The molecule has 2 aromatic rings. The van der Waals surface area contributed by atoms with Crippen LogP contribution in [0.25, 0.3) is 11.1 Å². The fourth-order valence-electron chi connectivity index (χ4n) is 2.06. The Balaban J connectivity index is 2.18. The van der Waals surface area contributed by atoms with Crippen LogP contribution in [0.4, 0.5) is 0 Å². The van der Waals surface area contributed by atoms with Gasteiger partial charge < -0.3 is 0 Å². The number of nitriles is 1. The van der Waals surface area contributed by atoms with Crippen molar-refractivity contribution >= 4 is 0 Å². The van der Waals surface area contributed by atoms with Crippen molar-refractivity contribution in [3.63, 3.8) is 0 Å². The summed E-state index contributed by atoms with van der Waals surface area (Å²) >= 11 is 0. The highest BCUT2D eigenvalue weighted by Crippen LogP contribution is 2.20. The molecule has 0 heterocycles. The molecule has 90 valence electrons. The average Bonchev–Trinajstić information content (AvgIpc) is 2.41. The van der Waals surface area contributed by atoms with Crippen molar-refractivity contribution in [2.45, 2.75) is 26.2 Å². The summed E-state index contributed by atoms with van der Waals surface area (Å²) in [5.74, 6) is 0. The van der Waals surface area contributed by atoms with Crippen molar-refractivity contribution in [3.8, 4) is 17.2 Å². The summed E-state index contributed by atoms with van der Waals surface area (Å²) in [6, 6.07) is 19.1. The molecule has 1 heteroatoms. The highest BCUT2D eigenvalue weighted by Gasteiger charge is 1.98. The normalized spacial score (nSPS) is 10.0. The second kappa shape index (κ2) is 6.02. The molecular weight excluding hydrogens is 218 g/mol. The fourth-order valence-corrected chi connectivity index (χ4v) is 2.06. The van der Waals surface area contributed by atoms with Gasteiger partial charge in [-0.25, -0.2) is 0 Å². The minimum atomic E-state index is 0.482. The molecule has 0 unspecified atom stereocenters. The lowest BCUT2D eigenvalue weighted by atomic mass is 10.0. The molecule has 0 aliphatic carbocycles. The van der Waals surface area contributed by atoms with E-state index >= 15 is 0 Å². The Morgan fingerprint density at radius 2 is 1.33 bits per heavy atom. The van der Waals surface area contributed by atoms with Crippen LogP contribution < -0.4 is 0 Å². The number of nitrogens with zero attached hydrogens (tertiary/aromatic N) is 1. The van der Waals surface area contributed by atoms with E-state index in [1.165, 1.54) is 23.1 Å². The molecule has 0 radical (unpaired) electrons. The van der Waals surface area contributed by atoms with Crippen LogP contribution in [-0.2, 0) is 12.8 Å². The van der Waals surface area contributed by atoms with Crippen molar-refractivity contribution in [1.29, 1.82) is 5.26 Å². The maximum atomic E-state index is 8.64. The Bertz CT molecular complexity index is 529. The van der Waals surface area contributed by atoms with Crippen LogP contribution in [0.1, 0.15) is 24.5 Å². The van der Waals surface area contributed by atoms with Gasteiger partial charge in [-0.15, -0.1) is 0 Å². The fraction of sp³-hybridized carbons (Fsp3) is 0.235. The van der Waals surface area contributed by atoms with Gasteiger partial charge in [0, 0.05) is 0 Å². The molecule has 0 fully saturated rings. The average molecular weight is 235 g/mol. The van der Waals surface area contributed by atoms with Gasteiger partial charge >= 0.3 is 0 Å². The quantitative estimate of drug-likeness (QED) is 0.771. The zero-order chi connectivity index (χ0) is 12.8. The molecule has 0 aliphatic rings. The van der Waals surface area contributed by atoms with E-state index in [-0.39, 0.29) is 0 Å². The summed E-state index contributed by atoms with van der Waals surface area (Å²) in [7, 11) is 0. The number of aryl methyl sites for hydroxylation is 1. The van der Waals surface area contributed by atoms with E-state index in [2.05, 4.69) is 49.4 Å². The van der Waals surface area contributed by atoms with Crippen LogP contribution in [0.5, 0.6) is 0 Å². The van der Waals surface area contributed by atoms with Crippen LogP contribution in [0.3, 0.4) is 0 Å². The van der Waals surface area contributed by atoms with E-state index in [0.717, 1.165) is 12.0 Å². The first-order chi connectivity index (χ1) is 8.83. The van der Waals surface area contributed by atoms with Crippen LogP contribution in [0.2, 0.25) is 0 Å². The summed E-state index contributed by atoms with van der Waals surface area (Å²) in [4.78, 5) is 0. The summed E-state index contributed by atoms with van der Waals surface area (Å²) in [6.07, 6.45) is 2.80. The van der Waals surface area contributed by atoms with E-state index in [1.807, 2.05) is 12.1 Å². The lowest BCUT2D eigenvalue weighted by Crippen LogP contribution is -1.85. The third-order valence-corrected chi connectivity index (χ3v) is 3.06. The Morgan fingerprint density at radius 3 is 1.78 bits per heavy atom. The van der Waals surface area contributed by atoms with Crippen LogP contribution in [0.15, 0.2) is 48.5 Å². The SMILES string of the molecule is CCCc1ccc(-c2ccc(CC#N)cc2)cc1. The number of hydrogen-bond acceptors (Lipinski definition) is 1. The van der Waals surface area contributed by atoms with Crippen molar-refractivity contribution in [2.75, 3.05) is 0 Å². The second-order valence-corrected chi connectivity index (χ2v) is 4.48. The standard InChI is InChI=1S/C17H17N/c1-2-3-14-4-8-16(9-5-14)17-10-6-15(7-11-17)12-13-18/h4-11H,2-3,12H2,1H3. The summed E-state index contributed by atoms with van der Waals surface area (Å²) in [5, 5.41) is 8.64. The smallest absolute Gasteiger partial charge is 0.0669 e. The first kappa shape index (κ1) is 12.4.